The van der Waals surface area contributed by atoms with Gasteiger partial charge >= 0.3 is 0 Å². The molecule has 0 spiro atoms. The molecule has 3 unspecified atom stereocenters. The van der Waals surface area contributed by atoms with Crippen LogP contribution in [-0.4, -0.2) is 24.3 Å². The topological polar surface area (TPSA) is 72.2 Å². The number of fused-ring (bicyclic) bond motifs is 1. The van der Waals surface area contributed by atoms with Crippen LogP contribution in [0.5, 0.6) is 0 Å². The molecule has 0 radical (unpaired) electrons. The lowest BCUT2D eigenvalue weighted by molar-refractivity contribution is -0.132. The molecule has 1 amide bonds. The van der Waals surface area contributed by atoms with Crippen molar-refractivity contribution >= 4 is 11.7 Å². The molecule has 3 N–H and O–H groups in total. The average molecular weight is 284 g/mol. The number of hydrogen-bond donors (Lipinski definition) is 2. The van der Waals surface area contributed by atoms with E-state index in [-0.39, 0.29) is 5.41 Å². The molecule has 110 valence electrons. The molecule has 1 aliphatic heterocycles. The van der Waals surface area contributed by atoms with E-state index < -0.39 is 5.91 Å². The third kappa shape index (κ3) is 1.65. The molecular weight excluding hydrogens is 264 g/mol. The summed E-state index contributed by atoms with van der Waals surface area (Å²) in [5.41, 5.74) is 7.90. The van der Waals surface area contributed by atoms with Crippen LogP contribution in [0.3, 0.4) is 0 Å². The van der Waals surface area contributed by atoms with Gasteiger partial charge in [0.25, 0.3) is 0 Å². The zero-order valence-corrected chi connectivity index (χ0v) is 12.0. The molecule has 4 heteroatoms. The third-order valence-electron chi connectivity index (χ3n) is 5.78. The SMILES string of the molecule is NC(=O)c1ccc2c(c1)C13CCNC(C2)C1CCCC3=O. The van der Waals surface area contributed by atoms with Crippen molar-refractivity contribution in [1.82, 2.24) is 5.32 Å². The number of amides is 1. The van der Waals surface area contributed by atoms with Crippen molar-refractivity contribution in [2.24, 2.45) is 11.7 Å². The number of nitrogens with two attached hydrogens (primary N) is 1. The van der Waals surface area contributed by atoms with E-state index in [4.69, 9.17) is 5.73 Å². The zero-order chi connectivity index (χ0) is 14.6. The first kappa shape index (κ1) is 13.0. The van der Waals surface area contributed by atoms with Gasteiger partial charge in [-0.25, -0.2) is 0 Å². The molecule has 0 aromatic heterocycles. The van der Waals surface area contributed by atoms with Crippen molar-refractivity contribution in [2.45, 2.75) is 43.6 Å². The second-order valence-corrected chi connectivity index (χ2v) is 6.64. The van der Waals surface area contributed by atoms with E-state index in [1.807, 2.05) is 12.1 Å². The molecule has 1 heterocycles. The second kappa shape index (κ2) is 4.41. The predicted octanol–water partition coefficient (Wildman–Crippen LogP) is 1.31. The number of nitrogens with one attached hydrogen (secondary N) is 1. The van der Waals surface area contributed by atoms with Crippen molar-refractivity contribution in [3.8, 4) is 0 Å². The number of carbonyl (C=O) groups excluding carboxylic acids is 2. The van der Waals surface area contributed by atoms with Gasteiger partial charge in [-0.05, 0) is 61.4 Å². The van der Waals surface area contributed by atoms with Crippen LogP contribution < -0.4 is 11.1 Å². The first-order valence-corrected chi connectivity index (χ1v) is 7.83. The Balaban J connectivity index is 1.94. The minimum Gasteiger partial charge on any atom is -0.366 e. The number of hydrogen-bond acceptors (Lipinski definition) is 3. The molecule has 2 aliphatic carbocycles. The lowest BCUT2D eigenvalue weighted by Crippen LogP contribution is -2.63. The molecular formula is C17H20N2O2. The second-order valence-electron chi connectivity index (χ2n) is 6.64. The molecule has 2 fully saturated rings. The lowest BCUT2D eigenvalue weighted by atomic mass is 9.52. The van der Waals surface area contributed by atoms with Crippen molar-refractivity contribution in [3.63, 3.8) is 0 Å². The summed E-state index contributed by atoms with van der Waals surface area (Å²) in [5, 5.41) is 3.60. The Morgan fingerprint density at radius 2 is 2.24 bits per heavy atom. The van der Waals surface area contributed by atoms with Gasteiger partial charge in [0, 0.05) is 18.0 Å². The number of primary amides is 1. The lowest BCUT2D eigenvalue weighted by Gasteiger charge is -2.54. The highest BCUT2D eigenvalue weighted by Crippen LogP contribution is 2.52. The van der Waals surface area contributed by atoms with E-state index in [1.165, 1.54) is 5.56 Å². The fourth-order valence-electron chi connectivity index (χ4n) is 4.88. The first-order valence-electron chi connectivity index (χ1n) is 7.83. The number of ketones is 1. The number of piperidine rings is 1. The summed E-state index contributed by atoms with van der Waals surface area (Å²) in [7, 11) is 0. The highest BCUT2D eigenvalue weighted by atomic mass is 16.1. The van der Waals surface area contributed by atoms with Gasteiger partial charge in [0.15, 0.2) is 0 Å². The maximum Gasteiger partial charge on any atom is 0.248 e. The van der Waals surface area contributed by atoms with Gasteiger partial charge < -0.3 is 11.1 Å². The first-order chi connectivity index (χ1) is 10.1. The van der Waals surface area contributed by atoms with Crippen LogP contribution in [0.4, 0.5) is 0 Å². The van der Waals surface area contributed by atoms with Crippen LogP contribution >= 0.6 is 0 Å². The van der Waals surface area contributed by atoms with E-state index in [9.17, 15) is 9.59 Å². The molecule has 2 bridgehead atoms. The summed E-state index contributed by atoms with van der Waals surface area (Å²) in [6.07, 6.45) is 4.57. The van der Waals surface area contributed by atoms with E-state index >= 15 is 0 Å². The summed E-state index contributed by atoms with van der Waals surface area (Å²) in [6.45, 7) is 0.882. The third-order valence-corrected chi connectivity index (χ3v) is 5.78. The molecule has 1 aromatic carbocycles. The maximum atomic E-state index is 12.9. The monoisotopic (exact) mass is 284 g/mol. The van der Waals surface area contributed by atoms with Crippen LogP contribution in [0.1, 0.15) is 47.2 Å². The van der Waals surface area contributed by atoms with E-state index in [0.717, 1.165) is 37.8 Å². The molecule has 1 saturated carbocycles. The van der Waals surface area contributed by atoms with Crippen molar-refractivity contribution < 1.29 is 9.59 Å². The fraction of sp³-hybridized carbons (Fsp3) is 0.529. The Morgan fingerprint density at radius 3 is 3.05 bits per heavy atom. The molecule has 3 aliphatic rings. The molecule has 21 heavy (non-hydrogen) atoms. The van der Waals surface area contributed by atoms with Crippen LogP contribution in [0.2, 0.25) is 0 Å². The smallest absolute Gasteiger partial charge is 0.248 e. The van der Waals surface area contributed by atoms with Crippen molar-refractivity contribution in [2.75, 3.05) is 6.54 Å². The van der Waals surface area contributed by atoms with Gasteiger partial charge in [-0.15, -0.1) is 0 Å². The standard InChI is InChI=1S/C17H20N2O2/c18-16(21)11-5-4-10-9-14-12-2-1-3-15(20)17(12,6-7-19-14)13(10)8-11/h4-5,8,12,14,19H,1-3,6-7,9H2,(H2,18,21). The minimum absolute atomic E-state index is 0.368. The van der Waals surface area contributed by atoms with Gasteiger partial charge in [-0.3, -0.25) is 9.59 Å². The van der Waals surface area contributed by atoms with Gasteiger partial charge in [0.2, 0.25) is 5.91 Å². The number of Topliss-reactive ketones (excluding diaryl/α,β-unsaturated/α-hetero) is 1. The Labute approximate surface area is 124 Å². The van der Waals surface area contributed by atoms with Gasteiger partial charge in [-0.1, -0.05) is 6.07 Å². The van der Waals surface area contributed by atoms with Crippen LogP contribution in [0, 0.1) is 5.92 Å². The predicted molar refractivity (Wildman–Crippen MR) is 79.1 cm³/mol. The summed E-state index contributed by atoms with van der Waals surface area (Å²) in [6, 6.07) is 6.08. The van der Waals surface area contributed by atoms with Crippen molar-refractivity contribution in [1.29, 1.82) is 0 Å². The molecule has 4 nitrogen and oxygen atoms in total. The highest BCUT2D eigenvalue weighted by molar-refractivity contribution is 5.96. The van der Waals surface area contributed by atoms with Crippen molar-refractivity contribution in [3.05, 3.63) is 34.9 Å². The Kier molecular flexibility index (Phi) is 2.73. The molecule has 4 rings (SSSR count). The summed E-state index contributed by atoms with van der Waals surface area (Å²) >= 11 is 0. The quantitative estimate of drug-likeness (QED) is 0.816. The number of benzene rings is 1. The molecule has 1 saturated heterocycles. The van der Waals surface area contributed by atoms with Gasteiger partial charge in [0.1, 0.15) is 5.78 Å². The normalized spacial score (nSPS) is 34.0. The summed E-state index contributed by atoms with van der Waals surface area (Å²) in [4.78, 5) is 24.4. The minimum atomic E-state index is -0.412. The van der Waals surface area contributed by atoms with E-state index in [1.54, 1.807) is 6.07 Å². The van der Waals surface area contributed by atoms with Crippen LogP contribution in [0.25, 0.3) is 0 Å². The maximum absolute atomic E-state index is 12.9. The van der Waals surface area contributed by atoms with E-state index in [2.05, 4.69) is 5.32 Å². The summed E-state index contributed by atoms with van der Waals surface area (Å²) < 4.78 is 0. The highest BCUT2D eigenvalue weighted by Gasteiger charge is 2.56. The largest absolute Gasteiger partial charge is 0.366 e. The Morgan fingerprint density at radius 1 is 1.38 bits per heavy atom. The van der Waals surface area contributed by atoms with E-state index in [0.29, 0.717) is 29.7 Å². The fourth-order valence-corrected chi connectivity index (χ4v) is 4.88. The van der Waals surface area contributed by atoms with Gasteiger partial charge in [0.05, 0.1) is 5.41 Å². The zero-order valence-electron chi connectivity index (χ0n) is 12.0. The number of rotatable bonds is 1. The van der Waals surface area contributed by atoms with Crippen LogP contribution in [0.15, 0.2) is 18.2 Å². The Bertz CT molecular complexity index is 640. The number of carbonyl (C=O) groups is 2. The van der Waals surface area contributed by atoms with Crippen LogP contribution in [-0.2, 0) is 16.6 Å². The van der Waals surface area contributed by atoms with Gasteiger partial charge in [-0.2, -0.15) is 0 Å². The Hall–Kier alpha value is -1.68. The molecule has 1 aromatic rings. The average Bonchev–Trinajstić information content (AvgIpc) is 2.47. The molecule has 3 atom stereocenters. The summed E-state index contributed by atoms with van der Waals surface area (Å²) in [5.74, 6) is 0.334.